The monoisotopic (exact) mass is 474 g/mol. The van der Waals surface area contributed by atoms with Gasteiger partial charge in [-0.1, -0.05) is 39.8 Å². The molecule has 2 saturated carbocycles. The summed E-state index contributed by atoms with van der Waals surface area (Å²) in [4.78, 5) is 38.8. The molecule has 0 heterocycles. The van der Waals surface area contributed by atoms with E-state index in [1.165, 1.54) is 6.92 Å². The first-order chi connectivity index (χ1) is 15.7. The van der Waals surface area contributed by atoms with Crippen molar-refractivity contribution >= 4 is 17.5 Å². The van der Waals surface area contributed by atoms with Crippen LogP contribution >= 0.6 is 0 Å². The molecule has 0 amide bonds. The van der Waals surface area contributed by atoms with E-state index in [4.69, 9.17) is 4.74 Å². The minimum Gasteiger partial charge on any atom is -0.461 e. The number of esters is 1. The van der Waals surface area contributed by atoms with Crippen LogP contribution in [-0.2, 0) is 19.1 Å². The number of carbonyl (C=O) groups is 3. The number of ketones is 2. The quantitative estimate of drug-likeness (QED) is 0.399. The van der Waals surface area contributed by atoms with E-state index >= 15 is 0 Å². The van der Waals surface area contributed by atoms with Crippen molar-refractivity contribution in [3.8, 4) is 0 Å². The van der Waals surface area contributed by atoms with Gasteiger partial charge in [0.15, 0.2) is 5.78 Å². The predicted octanol–water partition coefficient (Wildman–Crippen LogP) is 2.52. The molecule has 7 nitrogen and oxygen atoms in total. The number of aliphatic hydroxyl groups excluding tert-OH is 2. The predicted molar refractivity (Wildman–Crippen MR) is 124 cm³/mol. The van der Waals surface area contributed by atoms with Crippen LogP contribution in [0.5, 0.6) is 0 Å². The summed E-state index contributed by atoms with van der Waals surface area (Å²) in [5, 5.41) is 34.6. The van der Waals surface area contributed by atoms with Gasteiger partial charge < -0.3 is 20.1 Å². The third kappa shape index (κ3) is 2.96. The molecule has 0 aromatic carbocycles. The molecule has 0 aromatic heterocycles. The molecule has 2 bridgehead atoms. The Bertz CT molecular complexity index is 993. The summed E-state index contributed by atoms with van der Waals surface area (Å²) in [5.74, 6) is -1.90. The second-order valence-corrected chi connectivity index (χ2v) is 11.7. The number of allylic oxidation sites excluding steroid dienone is 1. The zero-order valence-corrected chi connectivity index (χ0v) is 21.1. The zero-order chi connectivity index (χ0) is 25.4. The van der Waals surface area contributed by atoms with Crippen molar-refractivity contribution < 1.29 is 34.4 Å². The SMILES string of the molecule is CCCC(=O)C[C@@]12CC(C)C34C=C(C)C(O)[C@@]3(O)C(O)C(COC(C)=O)=CC(C4=O)[C@@H]1C2(C)C. The Kier molecular flexibility index (Phi) is 5.82. The Balaban J connectivity index is 1.92. The highest BCUT2D eigenvalue weighted by Crippen LogP contribution is 2.80. The smallest absolute Gasteiger partial charge is 0.302 e. The summed E-state index contributed by atoms with van der Waals surface area (Å²) >= 11 is 0. The van der Waals surface area contributed by atoms with Crippen molar-refractivity contribution in [2.75, 3.05) is 6.61 Å². The summed E-state index contributed by atoms with van der Waals surface area (Å²) in [6, 6.07) is 0. The van der Waals surface area contributed by atoms with Crippen molar-refractivity contribution in [3.05, 3.63) is 23.3 Å². The van der Waals surface area contributed by atoms with Crippen LogP contribution in [0, 0.1) is 34.0 Å². The van der Waals surface area contributed by atoms with Crippen molar-refractivity contribution in [2.45, 2.75) is 85.0 Å². The molecular weight excluding hydrogens is 436 g/mol. The van der Waals surface area contributed by atoms with Crippen molar-refractivity contribution in [1.82, 2.24) is 0 Å². The average Bonchev–Trinajstić information content (AvgIpc) is 3.15. The number of Topliss-reactive ketones (excluding diaryl/α,β-unsaturated/α-hetero) is 2. The van der Waals surface area contributed by atoms with E-state index in [1.807, 2.05) is 13.8 Å². The first-order valence-corrected chi connectivity index (χ1v) is 12.4. The molecule has 1 spiro atoms. The van der Waals surface area contributed by atoms with Crippen LogP contribution in [0.2, 0.25) is 0 Å². The van der Waals surface area contributed by atoms with E-state index in [0.717, 1.165) is 6.42 Å². The molecule has 2 fully saturated rings. The summed E-state index contributed by atoms with van der Waals surface area (Å²) in [5.41, 5.74) is -3.79. The van der Waals surface area contributed by atoms with E-state index in [0.29, 0.717) is 24.8 Å². The van der Waals surface area contributed by atoms with Gasteiger partial charge in [0.05, 0.1) is 5.41 Å². The summed E-state index contributed by atoms with van der Waals surface area (Å²) < 4.78 is 5.18. The molecule has 0 aromatic rings. The highest BCUT2D eigenvalue weighted by molar-refractivity contribution is 5.96. The molecule has 0 radical (unpaired) electrons. The van der Waals surface area contributed by atoms with Crippen LogP contribution in [0.15, 0.2) is 23.3 Å². The molecule has 3 N–H and O–H groups in total. The van der Waals surface area contributed by atoms with Crippen molar-refractivity contribution in [1.29, 1.82) is 0 Å². The number of aliphatic hydroxyl groups is 3. The second kappa shape index (κ2) is 7.84. The zero-order valence-electron chi connectivity index (χ0n) is 21.1. The largest absolute Gasteiger partial charge is 0.461 e. The highest BCUT2D eigenvalue weighted by Gasteiger charge is 2.80. The fourth-order valence-corrected chi connectivity index (χ4v) is 8.07. The van der Waals surface area contributed by atoms with Crippen LogP contribution in [0.1, 0.15) is 67.2 Å². The lowest BCUT2D eigenvalue weighted by Crippen LogP contribution is -2.65. The van der Waals surface area contributed by atoms with E-state index < -0.39 is 46.4 Å². The maximum Gasteiger partial charge on any atom is 0.302 e. The van der Waals surface area contributed by atoms with Gasteiger partial charge in [0.25, 0.3) is 0 Å². The first kappa shape index (κ1) is 25.3. The van der Waals surface area contributed by atoms with Crippen molar-refractivity contribution in [3.63, 3.8) is 0 Å². The van der Waals surface area contributed by atoms with Gasteiger partial charge in [-0.05, 0) is 53.6 Å². The van der Waals surface area contributed by atoms with Gasteiger partial charge in [-0.25, -0.2) is 0 Å². The van der Waals surface area contributed by atoms with Crippen LogP contribution in [0.4, 0.5) is 0 Å². The number of hydrogen-bond donors (Lipinski definition) is 3. The number of ether oxygens (including phenoxy) is 1. The fourth-order valence-electron chi connectivity index (χ4n) is 8.07. The van der Waals surface area contributed by atoms with E-state index in [1.54, 1.807) is 19.1 Å². The number of hydrogen-bond acceptors (Lipinski definition) is 7. The minimum absolute atomic E-state index is 0.163. The van der Waals surface area contributed by atoms with Crippen LogP contribution in [-0.4, -0.2) is 57.3 Å². The second-order valence-electron chi connectivity index (χ2n) is 11.7. The normalized spacial score (nSPS) is 44.1. The third-order valence-corrected chi connectivity index (χ3v) is 9.70. The van der Waals surface area contributed by atoms with Gasteiger partial charge in [0, 0.05) is 25.7 Å². The summed E-state index contributed by atoms with van der Waals surface area (Å²) in [7, 11) is 0. The molecule has 0 saturated heterocycles. The molecule has 8 atom stereocenters. The molecule has 5 unspecified atom stereocenters. The van der Waals surface area contributed by atoms with Crippen molar-refractivity contribution in [2.24, 2.45) is 34.0 Å². The molecule has 188 valence electrons. The average molecular weight is 475 g/mol. The van der Waals surface area contributed by atoms with E-state index in [-0.39, 0.29) is 35.1 Å². The topological polar surface area (TPSA) is 121 Å². The summed E-state index contributed by atoms with van der Waals surface area (Å²) in [6.45, 7) is 10.7. The van der Waals surface area contributed by atoms with Gasteiger partial charge in [0.1, 0.15) is 30.2 Å². The van der Waals surface area contributed by atoms with Gasteiger partial charge >= 0.3 is 5.97 Å². The lowest BCUT2D eigenvalue weighted by atomic mass is 9.58. The lowest BCUT2D eigenvalue weighted by Gasteiger charge is -2.48. The molecule has 4 aliphatic carbocycles. The fraction of sp³-hybridized carbons (Fsp3) is 0.741. The van der Waals surface area contributed by atoms with E-state index in [2.05, 4.69) is 13.8 Å². The van der Waals surface area contributed by atoms with Crippen LogP contribution < -0.4 is 0 Å². The maximum atomic E-state index is 14.4. The molecule has 4 aliphatic rings. The van der Waals surface area contributed by atoms with Crippen LogP contribution in [0.25, 0.3) is 0 Å². The van der Waals surface area contributed by atoms with Gasteiger partial charge in [-0.15, -0.1) is 0 Å². The Labute approximate surface area is 201 Å². The number of rotatable bonds is 6. The number of fused-ring (bicyclic) bond motifs is 3. The standard InChI is InChI=1S/C27H38O7/c1-7-8-18(29)12-25-11-15(3)26-10-14(2)21(30)27(26,33)22(31)17(13-34-16(4)28)9-19(23(26)32)20(25)24(25,5)6/h9-10,15,19-22,30-31,33H,7-8,11-13H2,1-6H3/t15?,19?,20-,21?,22?,25+,26?,27-/m1/s1. The Morgan fingerprint density at radius 1 is 1.21 bits per heavy atom. The Morgan fingerprint density at radius 3 is 2.44 bits per heavy atom. The Morgan fingerprint density at radius 2 is 1.85 bits per heavy atom. The minimum atomic E-state index is -2.19. The summed E-state index contributed by atoms with van der Waals surface area (Å²) in [6.07, 6.45) is 2.40. The Hall–Kier alpha value is -1.83. The molecule has 4 rings (SSSR count). The number of carbonyl (C=O) groups excluding carboxylic acids is 3. The lowest BCUT2D eigenvalue weighted by molar-refractivity contribution is -0.191. The van der Waals surface area contributed by atoms with E-state index in [9.17, 15) is 29.7 Å². The highest BCUT2D eigenvalue weighted by atomic mass is 16.5. The first-order valence-electron chi connectivity index (χ1n) is 12.4. The van der Waals surface area contributed by atoms with Crippen LogP contribution in [0.3, 0.4) is 0 Å². The molecule has 34 heavy (non-hydrogen) atoms. The maximum absolute atomic E-state index is 14.4. The molecule has 7 heteroatoms. The molecule has 0 aliphatic heterocycles. The third-order valence-electron chi connectivity index (χ3n) is 9.70. The van der Waals surface area contributed by atoms with Gasteiger partial charge in [0.2, 0.25) is 0 Å². The molecular formula is C27H38O7. The van der Waals surface area contributed by atoms with Gasteiger partial charge in [-0.3, -0.25) is 14.4 Å². The van der Waals surface area contributed by atoms with Gasteiger partial charge in [-0.2, -0.15) is 0 Å².